The number of carbonyl (C=O) groups is 1. The van der Waals surface area contributed by atoms with Crippen LogP contribution in [0, 0.1) is 11.9 Å². The van der Waals surface area contributed by atoms with Gasteiger partial charge in [-0.15, -0.1) is 0 Å². The summed E-state index contributed by atoms with van der Waals surface area (Å²) in [6.45, 7) is 0.949. The minimum absolute atomic E-state index is 0.168. The first-order valence-corrected chi connectivity index (χ1v) is 9.21. The van der Waals surface area contributed by atoms with E-state index in [-0.39, 0.29) is 23.9 Å². The van der Waals surface area contributed by atoms with Crippen LogP contribution in [0.2, 0.25) is 0 Å². The predicted molar refractivity (Wildman–Crippen MR) is 97.6 cm³/mol. The number of halogens is 1. The highest BCUT2D eigenvalue weighted by atomic mass is 19.1. The van der Waals surface area contributed by atoms with Gasteiger partial charge in [-0.25, -0.2) is 9.88 Å². The van der Waals surface area contributed by atoms with E-state index in [1.165, 1.54) is 11.1 Å². The van der Waals surface area contributed by atoms with Crippen LogP contribution in [0.5, 0.6) is 5.75 Å². The number of ether oxygens (including phenoxy) is 2. The van der Waals surface area contributed by atoms with Crippen molar-refractivity contribution >= 4 is 11.9 Å². The number of likely N-dealkylation sites (N-methyl/N-ethyl adjacent to an activating group) is 1. The fourth-order valence-electron chi connectivity index (χ4n) is 4.48. The van der Waals surface area contributed by atoms with Crippen molar-refractivity contribution < 1.29 is 23.7 Å². The van der Waals surface area contributed by atoms with Crippen molar-refractivity contribution in [2.75, 3.05) is 20.3 Å². The molecular weight excluding hydrogens is 363 g/mol. The van der Waals surface area contributed by atoms with Crippen molar-refractivity contribution in [1.29, 1.82) is 0 Å². The number of fused-ring (bicyclic) bond motifs is 4. The Labute approximate surface area is 161 Å². The molecule has 3 aliphatic rings. The lowest BCUT2D eigenvalue weighted by Gasteiger charge is -2.44. The largest absolute Gasteiger partial charge is 0.489 e. The number of rotatable bonds is 1. The molecule has 3 N–H and O–H groups in total. The molecule has 5 rings (SSSR count). The van der Waals surface area contributed by atoms with Gasteiger partial charge in [0.25, 0.3) is 0 Å². The molecule has 1 amide bonds. The van der Waals surface area contributed by atoms with E-state index in [4.69, 9.17) is 15.2 Å². The summed E-state index contributed by atoms with van der Waals surface area (Å²) >= 11 is 0. The molecule has 2 aromatic rings. The van der Waals surface area contributed by atoms with Gasteiger partial charge in [-0.2, -0.15) is 4.39 Å². The van der Waals surface area contributed by atoms with Crippen molar-refractivity contribution in [2.45, 2.75) is 18.1 Å². The van der Waals surface area contributed by atoms with E-state index in [0.29, 0.717) is 42.1 Å². The Bertz CT molecular complexity index is 1010. The van der Waals surface area contributed by atoms with E-state index in [1.807, 2.05) is 0 Å². The molecule has 1 spiro atoms. The molecule has 7 nitrogen and oxygen atoms in total. The van der Waals surface area contributed by atoms with E-state index < -0.39 is 11.5 Å². The normalized spacial score (nSPS) is 28.6. The SMILES string of the molecule is CN1C(=O)[C@]2([NH+]=C1N)c1cc(-c3cccnc3F)ccc1O[C@H]1CCOC[C@@H]12. The number of benzene rings is 1. The van der Waals surface area contributed by atoms with E-state index in [9.17, 15) is 9.18 Å². The number of hydrogen-bond acceptors (Lipinski definition) is 5. The number of nitrogens with zero attached hydrogens (tertiary/aromatic N) is 2. The molecule has 28 heavy (non-hydrogen) atoms. The van der Waals surface area contributed by atoms with E-state index >= 15 is 0 Å². The minimum Gasteiger partial charge on any atom is -0.489 e. The summed E-state index contributed by atoms with van der Waals surface area (Å²) in [6.07, 6.45) is 1.92. The van der Waals surface area contributed by atoms with Crippen LogP contribution in [-0.4, -0.2) is 48.1 Å². The first kappa shape index (κ1) is 17.1. The third-order valence-corrected chi connectivity index (χ3v) is 5.93. The Kier molecular flexibility index (Phi) is 3.67. The molecule has 0 unspecified atom stereocenters. The number of nitrogens with one attached hydrogen (secondary N) is 1. The maximum atomic E-state index is 14.3. The first-order valence-electron chi connectivity index (χ1n) is 9.21. The maximum absolute atomic E-state index is 14.3. The van der Waals surface area contributed by atoms with Gasteiger partial charge >= 0.3 is 11.9 Å². The van der Waals surface area contributed by atoms with Gasteiger partial charge in [-0.05, 0) is 29.8 Å². The summed E-state index contributed by atoms with van der Waals surface area (Å²) in [5, 5.41) is 0. The number of hydrogen-bond donors (Lipinski definition) is 2. The number of carbonyl (C=O) groups excluding carboxylic acids is 1. The summed E-state index contributed by atoms with van der Waals surface area (Å²) in [7, 11) is 1.64. The van der Waals surface area contributed by atoms with Crippen LogP contribution < -0.4 is 15.5 Å². The molecular formula is C20H20FN4O3+. The van der Waals surface area contributed by atoms with Gasteiger partial charge in [-0.1, -0.05) is 6.07 Å². The van der Waals surface area contributed by atoms with Crippen molar-refractivity contribution in [3.8, 4) is 16.9 Å². The number of pyridine rings is 1. The average molecular weight is 383 g/mol. The summed E-state index contributed by atoms with van der Waals surface area (Å²) in [4.78, 5) is 21.8. The molecule has 8 heteroatoms. The highest BCUT2D eigenvalue weighted by Gasteiger charge is 2.63. The van der Waals surface area contributed by atoms with Gasteiger partial charge < -0.3 is 9.47 Å². The number of guanidine groups is 1. The van der Waals surface area contributed by atoms with Crippen molar-refractivity contribution in [1.82, 2.24) is 9.88 Å². The fraction of sp³-hybridized carbons (Fsp3) is 0.350. The van der Waals surface area contributed by atoms with Crippen LogP contribution in [0.15, 0.2) is 36.5 Å². The lowest BCUT2D eigenvalue weighted by Crippen LogP contribution is -2.89. The molecule has 4 heterocycles. The molecule has 1 fully saturated rings. The molecule has 1 aromatic carbocycles. The zero-order valence-corrected chi connectivity index (χ0v) is 15.3. The standard InChI is InChI=1S/C20H19FN4O3/c1-25-18(26)20(24-19(25)22)13-9-11(12-3-2-7-23-17(12)21)4-5-15(13)28-16-6-8-27-10-14(16)20/h2-5,7,9,14,16H,6,8,10H2,1H3,(H2,22,24)/p+1/t14-,16-,20-/m0/s1. The van der Waals surface area contributed by atoms with Gasteiger partial charge in [0, 0.05) is 23.7 Å². The Morgan fingerprint density at radius 1 is 1.39 bits per heavy atom. The lowest BCUT2D eigenvalue weighted by atomic mass is 9.71. The second-order valence-electron chi connectivity index (χ2n) is 7.36. The molecule has 0 radical (unpaired) electrons. The van der Waals surface area contributed by atoms with Crippen LogP contribution in [0.4, 0.5) is 4.39 Å². The Morgan fingerprint density at radius 2 is 2.25 bits per heavy atom. The molecule has 144 valence electrons. The van der Waals surface area contributed by atoms with Gasteiger partial charge in [0.2, 0.25) is 11.5 Å². The topological polar surface area (TPSA) is 91.7 Å². The first-order chi connectivity index (χ1) is 13.5. The second-order valence-corrected chi connectivity index (χ2v) is 7.36. The third-order valence-electron chi connectivity index (χ3n) is 5.93. The van der Waals surface area contributed by atoms with Crippen LogP contribution in [0.25, 0.3) is 11.1 Å². The summed E-state index contributed by atoms with van der Waals surface area (Å²) < 4.78 is 26.2. The average Bonchev–Trinajstić information content (AvgIpc) is 2.93. The minimum atomic E-state index is -1.10. The smallest absolute Gasteiger partial charge is 0.351 e. The molecule has 3 atom stereocenters. The van der Waals surface area contributed by atoms with Crippen molar-refractivity contribution in [3.63, 3.8) is 0 Å². The highest BCUT2D eigenvalue weighted by molar-refractivity contribution is 6.02. The number of aromatic nitrogens is 1. The van der Waals surface area contributed by atoms with Crippen molar-refractivity contribution in [3.05, 3.63) is 48.0 Å². The Hall–Kier alpha value is -3.00. The van der Waals surface area contributed by atoms with Gasteiger partial charge in [0.1, 0.15) is 11.9 Å². The quantitative estimate of drug-likeness (QED) is 0.663. The lowest BCUT2D eigenvalue weighted by molar-refractivity contribution is -0.558. The third kappa shape index (κ3) is 2.21. The zero-order chi connectivity index (χ0) is 19.5. The zero-order valence-electron chi connectivity index (χ0n) is 15.3. The fourth-order valence-corrected chi connectivity index (χ4v) is 4.48. The van der Waals surface area contributed by atoms with Gasteiger partial charge in [0.05, 0.1) is 26.2 Å². The summed E-state index contributed by atoms with van der Waals surface area (Å²) in [5.41, 5.74) is 6.59. The van der Waals surface area contributed by atoms with E-state index in [0.717, 1.165) is 0 Å². The second kappa shape index (κ2) is 6.00. The summed E-state index contributed by atoms with van der Waals surface area (Å²) in [5.74, 6) is -0.112. The van der Waals surface area contributed by atoms with Gasteiger partial charge in [-0.3, -0.25) is 15.5 Å². The molecule has 1 aromatic heterocycles. The van der Waals surface area contributed by atoms with Crippen LogP contribution >= 0.6 is 0 Å². The highest BCUT2D eigenvalue weighted by Crippen LogP contribution is 2.46. The summed E-state index contributed by atoms with van der Waals surface area (Å²) in [6, 6.07) is 8.69. The van der Waals surface area contributed by atoms with Gasteiger partial charge in [0.15, 0.2) is 0 Å². The predicted octanol–water partition coefficient (Wildman–Crippen LogP) is -0.252. The van der Waals surface area contributed by atoms with Crippen LogP contribution in [0.1, 0.15) is 12.0 Å². The molecule has 1 saturated heterocycles. The number of amides is 1. The van der Waals surface area contributed by atoms with Crippen molar-refractivity contribution in [2.24, 2.45) is 11.7 Å². The van der Waals surface area contributed by atoms with Crippen LogP contribution in [0.3, 0.4) is 0 Å². The maximum Gasteiger partial charge on any atom is 0.351 e. The molecule has 0 bridgehead atoms. The molecule has 3 aliphatic heterocycles. The Morgan fingerprint density at radius 3 is 3.00 bits per heavy atom. The van der Waals surface area contributed by atoms with Crippen LogP contribution in [-0.2, 0) is 15.1 Å². The molecule has 0 saturated carbocycles. The monoisotopic (exact) mass is 383 g/mol. The van der Waals surface area contributed by atoms with E-state index in [1.54, 1.807) is 37.4 Å². The molecule has 0 aliphatic carbocycles. The van der Waals surface area contributed by atoms with E-state index in [2.05, 4.69) is 9.98 Å². The Balaban J connectivity index is 1.74. The number of nitrogens with two attached hydrogens (primary N) is 1.